The summed E-state index contributed by atoms with van der Waals surface area (Å²) in [6.07, 6.45) is 1.93. The van der Waals surface area contributed by atoms with Gasteiger partial charge in [-0.05, 0) is 6.42 Å². The molecule has 0 atom stereocenters. The summed E-state index contributed by atoms with van der Waals surface area (Å²) in [6.45, 7) is 3.87. The number of ketones is 1. The van der Waals surface area contributed by atoms with E-state index in [1.165, 1.54) is 0 Å². The molecule has 0 bridgehead atoms. The summed E-state index contributed by atoms with van der Waals surface area (Å²) in [6, 6.07) is 0. The van der Waals surface area contributed by atoms with Crippen LogP contribution in [0.3, 0.4) is 0 Å². The molecule has 0 fully saturated rings. The van der Waals surface area contributed by atoms with Gasteiger partial charge < -0.3 is 5.43 Å². The first kappa shape index (κ1) is 10.1. The summed E-state index contributed by atoms with van der Waals surface area (Å²) >= 11 is 0. The monoisotopic (exact) mass is 156 g/mol. The zero-order valence-electron chi connectivity index (χ0n) is 7.48. The van der Waals surface area contributed by atoms with Crippen LogP contribution >= 0.6 is 0 Å². The van der Waals surface area contributed by atoms with Gasteiger partial charge in [-0.1, -0.05) is 13.8 Å². The summed E-state index contributed by atoms with van der Waals surface area (Å²) in [5, 5.41) is 3.98. The average molecular weight is 156 g/mol. The van der Waals surface area contributed by atoms with Crippen LogP contribution in [0.1, 0.15) is 33.1 Å². The molecule has 0 saturated heterocycles. The summed E-state index contributed by atoms with van der Waals surface area (Å²) < 4.78 is 0. The van der Waals surface area contributed by atoms with Crippen LogP contribution in [0.5, 0.6) is 0 Å². The van der Waals surface area contributed by atoms with Gasteiger partial charge in [-0.15, -0.1) is 0 Å². The van der Waals surface area contributed by atoms with Crippen molar-refractivity contribution in [3.05, 3.63) is 0 Å². The van der Waals surface area contributed by atoms with Gasteiger partial charge in [-0.25, -0.2) is 0 Å². The van der Waals surface area contributed by atoms with Crippen molar-refractivity contribution in [1.29, 1.82) is 0 Å². The SMILES string of the molecule is CCC(=O)C/C(CC)=N\NC. The van der Waals surface area contributed by atoms with Crippen LogP contribution in [0.2, 0.25) is 0 Å². The number of Topliss-reactive ketones (excluding diaryl/α,β-unsaturated/α-hetero) is 1. The number of hydrazone groups is 1. The van der Waals surface area contributed by atoms with Gasteiger partial charge >= 0.3 is 0 Å². The predicted molar refractivity (Wildman–Crippen MR) is 46.7 cm³/mol. The minimum absolute atomic E-state index is 0.251. The fraction of sp³-hybridized carbons (Fsp3) is 0.750. The van der Waals surface area contributed by atoms with E-state index >= 15 is 0 Å². The Morgan fingerprint density at radius 3 is 2.36 bits per heavy atom. The summed E-state index contributed by atoms with van der Waals surface area (Å²) in [7, 11) is 1.74. The van der Waals surface area contributed by atoms with Crippen molar-refractivity contribution in [2.45, 2.75) is 33.1 Å². The highest BCUT2D eigenvalue weighted by atomic mass is 16.1. The van der Waals surface area contributed by atoms with Crippen LogP contribution in [0.15, 0.2) is 5.10 Å². The van der Waals surface area contributed by atoms with E-state index in [4.69, 9.17) is 0 Å². The minimum atomic E-state index is 0.251. The van der Waals surface area contributed by atoms with Gasteiger partial charge in [0.2, 0.25) is 0 Å². The Morgan fingerprint density at radius 1 is 1.36 bits per heavy atom. The third-order valence-electron chi connectivity index (χ3n) is 1.47. The first-order valence-corrected chi connectivity index (χ1v) is 3.98. The molecule has 11 heavy (non-hydrogen) atoms. The number of hydrogen-bond acceptors (Lipinski definition) is 3. The van der Waals surface area contributed by atoms with E-state index in [9.17, 15) is 4.79 Å². The summed E-state index contributed by atoms with van der Waals surface area (Å²) in [4.78, 5) is 10.9. The molecule has 3 nitrogen and oxygen atoms in total. The molecule has 0 unspecified atom stereocenters. The Labute approximate surface area is 67.9 Å². The van der Waals surface area contributed by atoms with E-state index in [1.807, 2.05) is 13.8 Å². The molecule has 0 aromatic carbocycles. The Kier molecular flexibility index (Phi) is 5.43. The van der Waals surface area contributed by atoms with E-state index in [-0.39, 0.29) is 5.78 Å². The minimum Gasteiger partial charge on any atom is -0.313 e. The van der Waals surface area contributed by atoms with Gasteiger partial charge in [-0.2, -0.15) is 5.10 Å². The number of carbonyl (C=O) groups is 1. The summed E-state index contributed by atoms with van der Waals surface area (Å²) in [5.74, 6) is 0.251. The van der Waals surface area contributed by atoms with E-state index in [0.717, 1.165) is 12.1 Å². The van der Waals surface area contributed by atoms with Gasteiger partial charge in [-0.3, -0.25) is 4.79 Å². The van der Waals surface area contributed by atoms with Crippen molar-refractivity contribution in [1.82, 2.24) is 5.43 Å². The Hall–Kier alpha value is -0.860. The van der Waals surface area contributed by atoms with Crippen molar-refractivity contribution in [2.24, 2.45) is 5.10 Å². The molecule has 0 radical (unpaired) electrons. The zero-order chi connectivity index (χ0) is 8.69. The lowest BCUT2D eigenvalue weighted by Crippen LogP contribution is -2.09. The first-order valence-electron chi connectivity index (χ1n) is 3.98. The third-order valence-corrected chi connectivity index (χ3v) is 1.47. The van der Waals surface area contributed by atoms with Crippen LogP contribution in [-0.2, 0) is 4.79 Å². The van der Waals surface area contributed by atoms with Gasteiger partial charge in [0.1, 0.15) is 5.78 Å². The molecular weight excluding hydrogens is 140 g/mol. The number of carbonyl (C=O) groups excluding carboxylic acids is 1. The maximum Gasteiger partial charge on any atom is 0.138 e. The normalized spacial score (nSPS) is 11.4. The number of rotatable bonds is 5. The average Bonchev–Trinajstić information content (AvgIpc) is 2.03. The lowest BCUT2D eigenvalue weighted by atomic mass is 10.1. The molecule has 0 spiro atoms. The molecule has 0 aromatic heterocycles. The van der Waals surface area contributed by atoms with Gasteiger partial charge in [0.15, 0.2) is 0 Å². The molecule has 1 N–H and O–H groups in total. The van der Waals surface area contributed by atoms with E-state index < -0.39 is 0 Å². The highest BCUT2D eigenvalue weighted by Crippen LogP contribution is 1.95. The van der Waals surface area contributed by atoms with Crippen LogP contribution in [0, 0.1) is 0 Å². The maximum atomic E-state index is 10.9. The smallest absolute Gasteiger partial charge is 0.138 e. The van der Waals surface area contributed by atoms with E-state index in [0.29, 0.717) is 12.8 Å². The van der Waals surface area contributed by atoms with Crippen molar-refractivity contribution < 1.29 is 4.79 Å². The Morgan fingerprint density at radius 2 is 2.00 bits per heavy atom. The van der Waals surface area contributed by atoms with Crippen LogP contribution in [0.4, 0.5) is 0 Å². The predicted octanol–water partition coefficient (Wildman–Crippen LogP) is 1.34. The molecule has 0 amide bonds. The molecular formula is C8H16N2O. The molecule has 64 valence electrons. The van der Waals surface area contributed by atoms with Crippen LogP contribution < -0.4 is 5.43 Å². The third kappa shape index (κ3) is 4.53. The molecule has 0 aliphatic heterocycles. The lowest BCUT2D eigenvalue weighted by Gasteiger charge is -2.00. The second-order valence-corrected chi connectivity index (χ2v) is 2.32. The number of nitrogens with zero attached hydrogens (tertiary/aromatic N) is 1. The van der Waals surface area contributed by atoms with Gasteiger partial charge in [0.05, 0.1) is 0 Å². The standard InChI is InChI=1S/C8H16N2O/c1-4-7(10-9-3)6-8(11)5-2/h9H,4-6H2,1-3H3/b10-7-. The topological polar surface area (TPSA) is 41.5 Å². The Bertz CT molecular complexity index is 152. The lowest BCUT2D eigenvalue weighted by molar-refractivity contribution is -0.117. The highest BCUT2D eigenvalue weighted by molar-refractivity contribution is 6.01. The summed E-state index contributed by atoms with van der Waals surface area (Å²) in [5.41, 5.74) is 3.61. The van der Waals surface area contributed by atoms with E-state index in [2.05, 4.69) is 10.5 Å². The van der Waals surface area contributed by atoms with E-state index in [1.54, 1.807) is 7.05 Å². The highest BCUT2D eigenvalue weighted by Gasteiger charge is 2.02. The molecule has 0 heterocycles. The fourth-order valence-corrected chi connectivity index (χ4v) is 0.754. The second-order valence-electron chi connectivity index (χ2n) is 2.32. The zero-order valence-corrected chi connectivity index (χ0v) is 7.48. The maximum absolute atomic E-state index is 10.9. The Balaban J connectivity index is 3.87. The molecule has 0 aliphatic carbocycles. The molecule has 0 aromatic rings. The van der Waals surface area contributed by atoms with Crippen molar-refractivity contribution in [3.8, 4) is 0 Å². The second kappa shape index (κ2) is 5.89. The number of hydrogen-bond donors (Lipinski definition) is 1. The largest absolute Gasteiger partial charge is 0.313 e. The first-order chi connectivity index (χ1) is 5.24. The van der Waals surface area contributed by atoms with Crippen molar-refractivity contribution in [2.75, 3.05) is 7.05 Å². The van der Waals surface area contributed by atoms with Crippen molar-refractivity contribution in [3.63, 3.8) is 0 Å². The van der Waals surface area contributed by atoms with Crippen LogP contribution in [0.25, 0.3) is 0 Å². The van der Waals surface area contributed by atoms with Gasteiger partial charge in [0.25, 0.3) is 0 Å². The molecule has 0 saturated carbocycles. The van der Waals surface area contributed by atoms with Crippen LogP contribution in [-0.4, -0.2) is 18.5 Å². The molecule has 3 heteroatoms. The van der Waals surface area contributed by atoms with Crippen molar-refractivity contribution >= 4 is 11.5 Å². The number of nitrogens with one attached hydrogen (secondary N) is 1. The van der Waals surface area contributed by atoms with Gasteiger partial charge in [0, 0.05) is 25.6 Å². The molecule has 0 rings (SSSR count). The quantitative estimate of drug-likeness (QED) is 0.482. The fourth-order valence-electron chi connectivity index (χ4n) is 0.754. The molecule has 0 aliphatic rings.